The molecule has 2 heterocycles. The van der Waals surface area contributed by atoms with Crippen LogP contribution in [0.15, 0.2) is 27.8 Å². The van der Waals surface area contributed by atoms with Crippen LogP contribution in [0.2, 0.25) is 0 Å². The van der Waals surface area contributed by atoms with E-state index in [9.17, 15) is 14.4 Å². The molecule has 0 saturated heterocycles. The number of benzene rings is 1. The monoisotopic (exact) mass is 454 g/mol. The van der Waals surface area contributed by atoms with Crippen LogP contribution in [0.5, 0.6) is 11.5 Å². The number of methoxy groups -OCH3 is 2. The number of ether oxygens (including phenoxy) is 2. The maximum atomic E-state index is 12.7. The molecule has 0 unspecified atom stereocenters. The first-order chi connectivity index (χ1) is 15.7. The van der Waals surface area contributed by atoms with Gasteiger partial charge < -0.3 is 14.8 Å². The minimum Gasteiger partial charge on any atom is -0.493 e. The Morgan fingerprint density at radius 3 is 2.39 bits per heavy atom. The molecule has 0 atom stereocenters. The van der Waals surface area contributed by atoms with E-state index in [0.717, 1.165) is 21.3 Å². The fourth-order valence-electron chi connectivity index (χ4n) is 4.02. The van der Waals surface area contributed by atoms with Crippen molar-refractivity contribution in [2.24, 2.45) is 14.1 Å². The van der Waals surface area contributed by atoms with Gasteiger partial charge in [-0.3, -0.25) is 18.7 Å². The van der Waals surface area contributed by atoms with Gasteiger partial charge in [-0.15, -0.1) is 0 Å². The van der Waals surface area contributed by atoms with Gasteiger partial charge in [0, 0.05) is 32.8 Å². The summed E-state index contributed by atoms with van der Waals surface area (Å²) in [7, 11) is 6.23. The van der Waals surface area contributed by atoms with Crippen molar-refractivity contribution in [3.05, 3.63) is 61.4 Å². The highest BCUT2D eigenvalue weighted by atomic mass is 16.5. The molecule has 0 aliphatic rings. The van der Waals surface area contributed by atoms with E-state index in [-0.39, 0.29) is 17.9 Å². The Bertz CT molecular complexity index is 1320. The first kappa shape index (κ1) is 24.0. The predicted octanol–water partition coefficient (Wildman–Crippen LogP) is 1.56. The Kier molecular flexibility index (Phi) is 7.20. The maximum Gasteiger partial charge on any atom is 0.332 e. The second kappa shape index (κ2) is 9.89. The number of nitrogens with one attached hydrogen (secondary N) is 1. The minimum atomic E-state index is -0.416. The van der Waals surface area contributed by atoms with Crippen LogP contribution in [0.1, 0.15) is 28.8 Å². The van der Waals surface area contributed by atoms with Crippen LogP contribution < -0.4 is 26.0 Å². The number of hydrogen-bond acceptors (Lipinski definition) is 6. The van der Waals surface area contributed by atoms with Gasteiger partial charge in [-0.05, 0) is 55.5 Å². The molecule has 9 nitrogen and oxygen atoms in total. The summed E-state index contributed by atoms with van der Waals surface area (Å²) in [6.07, 6.45) is 1.38. The van der Waals surface area contributed by atoms with Gasteiger partial charge in [0.1, 0.15) is 5.65 Å². The van der Waals surface area contributed by atoms with Crippen LogP contribution in [0.25, 0.3) is 11.0 Å². The molecule has 0 radical (unpaired) electrons. The topological polar surface area (TPSA) is 104 Å². The summed E-state index contributed by atoms with van der Waals surface area (Å²) in [5.74, 6) is 1.23. The summed E-state index contributed by atoms with van der Waals surface area (Å²) < 4.78 is 13.0. The molecule has 0 saturated carbocycles. The average molecular weight is 455 g/mol. The number of aromatic nitrogens is 3. The fourth-order valence-corrected chi connectivity index (χ4v) is 4.02. The maximum absolute atomic E-state index is 12.7. The Hall–Kier alpha value is -3.62. The molecule has 0 spiro atoms. The van der Waals surface area contributed by atoms with Crippen molar-refractivity contribution < 1.29 is 14.3 Å². The molecule has 0 aliphatic carbocycles. The Morgan fingerprint density at radius 2 is 1.73 bits per heavy atom. The number of nitrogens with zero attached hydrogens (tertiary/aromatic N) is 3. The Morgan fingerprint density at radius 1 is 1.03 bits per heavy atom. The number of rotatable bonds is 8. The third-order valence-corrected chi connectivity index (χ3v) is 5.96. The van der Waals surface area contributed by atoms with Crippen LogP contribution in [-0.2, 0) is 31.7 Å². The molecule has 3 aromatic rings. The Labute approximate surface area is 192 Å². The largest absolute Gasteiger partial charge is 0.493 e. The van der Waals surface area contributed by atoms with E-state index in [0.29, 0.717) is 47.6 Å². The lowest BCUT2D eigenvalue weighted by molar-refractivity contribution is -0.121. The lowest BCUT2D eigenvalue weighted by Gasteiger charge is -2.15. The van der Waals surface area contributed by atoms with Gasteiger partial charge in [0.2, 0.25) is 5.91 Å². The van der Waals surface area contributed by atoms with Crippen molar-refractivity contribution in [2.45, 2.75) is 33.1 Å². The molecular weight excluding hydrogens is 424 g/mol. The number of fused-ring (bicyclic) bond motifs is 1. The van der Waals surface area contributed by atoms with Crippen molar-refractivity contribution in [1.29, 1.82) is 0 Å². The molecule has 1 amide bonds. The van der Waals surface area contributed by atoms with Gasteiger partial charge in [-0.2, -0.15) is 0 Å². The van der Waals surface area contributed by atoms with Gasteiger partial charge in [0.05, 0.1) is 19.6 Å². The number of amides is 1. The van der Waals surface area contributed by atoms with Crippen molar-refractivity contribution >= 4 is 16.9 Å². The van der Waals surface area contributed by atoms with Crippen LogP contribution in [0.3, 0.4) is 0 Å². The third-order valence-electron chi connectivity index (χ3n) is 5.96. The molecule has 33 heavy (non-hydrogen) atoms. The zero-order chi connectivity index (χ0) is 24.3. The van der Waals surface area contributed by atoms with Crippen molar-refractivity contribution in [3.8, 4) is 11.5 Å². The highest BCUT2D eigenvalue weighted by Gasteiger charge is 2.17. The number of aryl methyl sites for hydroxylation is 3. The summed E-state index contributed by atoms with van der Waals surface area (Å²) in [4.78, 5) is 41.9. The van der Waals surface area contributed by atoms with Gasteiger partial charge in [-0.1, -0.05) is 6.07 Å². The SMILES string of the molecule is COc1ccc(CCNC(=O)CCc2c(C)nc3c(c2C)c(=O)n(C)c(=O)n3C)cc1OC. The number of carbonyl (C=O) groups excluding carboxylic acids is 1. The molecule has 0 aliphatic heterocycles. The highest BCUT2D eigenvalue weighted by molar-refractivity contribution is 5.80. The first-order valence-corrected chi connectivity index (χ1v) is 10.7. The van der Waals surface area contributed by atoms with Crippen molar-refractivity contribution in [3.63, 3.8) is 0 Å². The van der Waals surface area contributed by atoms with Crippen LogP contribution >= 0.6 is 0 Å². The molecule has 2 aromatic heterocycles. The third kappa shape index (κ3) is 4.76. The minimum absolute atomic E-state index is 0.0808. The fraction of sp³-hybridized carbons (Fsp3) is 0.417. The summed E-state index contributed by atoms with van der Waals surface area (Å²) in [5.41, 5.74) is 2.92. The first-order valence-electron chi connectivity index (χ1n) is 10.7. The van der Waals surface area contributed by atoms with E-state index in [1.54, 1.807) is 21.3 Å². The zero-order valence-corrected chi connectivity index (χ0v) is 19.9. The van der Waals surface area contributed by atoms with Gasteiger partial charge in [0.15, 0.2) is 11.5 Å². The molecule has 1 aromatic carbocycles. The van der Waals surface area contributed by atoms with E-state index < -0.39 is 5.69 Å². The smallest absolute Gasteiger partial charge is 0.332 e. The molecule has 3 rings (SSSR count). The lowest BCUT2D eigenvalue weighted by atomic mass is 10.00. The highest BCUT2D eigenvalue weighted by Crippen LogP contribution is 2.27. The lowest BCUT2D eigenvalue weighted by Crippen LogP contribution is -2.38. The van der Waals surface area contributed by atoms with E-state index in [1.165, 1.54) is 11.6 Å². The second-order valence-electron chi connectivity index (χ2n) is 7.99. The molecule has 176 valence electrons. The second-order valence-corrected chi connectivity index (χ2v) is 7.99. The van der Waals surface area contributed by atoms with Gasteiger partial charge in [-0.25, -0.2) is 9.78 Å². The molecule has 0 bridgehead atoms. The number of carbonyl (C=O) groups is 1. The number of pyridine rings is 1. The summed E-state index contributed by atoms with van der Waals surface area (Å²) in [6.45, 7) is 4.16. The summed E-state index contributed by atoms with van der Waals surface area (Å²) in [6, 6.07) is 5.68. The average Bonchev–Trinajstić information content (AvgIpc) is 2.80. The van der Waals surface area contributed by atoms with Crippen molar-refractivity contribution in [1.82, 2.24) is 19.4 Å². The van der Waals surface area contributed by atoms with Gasteiger partial charge >= 0.3 is 5.69 Å². The zero-order valence-electron chi connectivity index (χ0n) is 19.9. The van der Waals surface area contributed by atoms with Crippen LogP contribution in [0.4, 0.5) is 0 Å². The Balaban J connectivity index is 1.69. The summed E-state index contributed by atoms with van der Waals surface area (Å²) >= 11 is 0. The standard InChI is InChI=1S/C24H30N4O5/c1-14-17(15(2)26-22-21(14)23(30)28(4)24(31)27(22)3)8-10-20(29)25-12-11-16-7-9-18(32-5)19(13-16)33-6/h7,9,13H,8,10-12H2,1-6H3,(H,25,29). The van der Waals surface area contributed by atoms with Crippen LogP contribution in [-0.4, -0.2) is 40.8 Å². The number of hydrogen-bond donors (Lipinski definition) is 1. The van der Waals surface area contributed by atoms with E-state index in [4.69, 9.17) is 9.47 Å². The van der Waals surface area contributed by atoms with E-state index in [2.05, 4.69) is 10.3 Å². The quantitative estimate of drug-likeness (QED) is 0.554. The molecule has 0 fully saturated rings. The molecule has 9 heteroatoms. The molecule has 1 N–H and O–H groups in total. The summed E-state index contributed by atoms with van der Waals surface area (Å²) in [5, 5.41) is 3.35. The van der Waals surface area contributed by atoms with E-state index >= 15 is 0 Å². The van der Waals surface area contributed by atoms with Gasteiger partial charge in [0.25, 0.3) is 5.56 Å². The predicted molar refractivity (Wildman–Crippen MR) is 126 cm³/mol. The van der Waals surface area contributed by atoms with Crippen molar-refractivity contribution in [2.75, 3.05) is 20.8 Å². The normalized spacial score (nSPS) is 11.0. The van der Waals surface area contributed by atoms with E-state index in [1.807, 2.05) is 32.0 Å². The molecular formula is C24H30N4O5. The van der Waals surface area contributed by atoms with Crippen LogP contribution in [0, 0.1) is 13.8 Å².